The van der Waals surface area contributed by atoms with Gasteiger partial charge in [0.2, 0.25) is 5.91 Å². The number of rotatable bonds is 3. The molecule has 6 rings (SSSR count). The lowest BCUT2D eigenvalue weighted by Gasteiger charge is -2.55. The third-order valence-corrected chi connectivity index (χ3v) is 7.64. The molecule has 1 saturated heterocycles. The highest BCUT2D eigenvalue weighted by Crippen LogP contribution is 2.53. The molecule has 0 radical (unpaired) electrons. The molecule has 3 saturated carbocycles. The zero-order valence-corrected chi connectivity index (χ0v) is 18.0. The van der Waals surface area contributed by atoms with Gasteiger partial charge in [-0.05, 0) is 57.1 Å². The van der Waals surface area contributed by atoms with Crippen LogP contribution >= 0.6 is 0 Å². The molecular formula is C24H30N2O5. The van der Waals surface area contributed by atoms with Crippen LogP contribution < -0.4 is 10.1 Å². The van der Waals surface area contributed by atoms with Crippen molar-refractivity contribution in [1.82, 2.24) is 10.2 Å². The SMILES string of the molecule is CCOC(=O)[C@@H]1CCCN(C(=O)[C@@H]2C[C@H]3CC[C@H]2C[C@]32NC(=O)c3ccccc3O2)C1. The summed E-state index contributed by atoms with van der Waals surface area (Å²) < 4.78 is 11.6. The van der Waals surface area contributed by atoms with Crippen LogP contribution in [0.2, 0.25) is 0 Å². The van der Waals surface area contributed by atoms with Gasteiger partial charge in [-0.3, -0.25) is 14.4 Å². The number of likely N-dealkylation sites (tertiary alicyclic amines) is 1. The number of hydrogen-bond acceptors (Lipinski definition) is 5. The zero-order chi connectivity index (χ0) is 21.6. The van der Waals surface area contributed by atoms with Gasteiger partial charge in [0.1, 0.15) is 5.75 Å². The van der Waals surface area contributed by atoms with Crippen LogP contribution in [0.4, 0.5) is 0 Å². The first-order valence-corrected chi connectivity index (χ1v) is 11.6. The molecule has 2 amide bonds. The third-order valence-electron chi connectivity index (χ3n) is 7.64. The quantitative estimate of drug-likeness (QED) is 0.752. The molecule has 7 nitrogen and oxygen atoms in total. The number of fused-ring (bicyclic) bond motifs is 3. The number of nitrogens with zero attached hydrogens (tertiary/aromatic N) is 1. The number of carbonyl (C=O) groups is 3. The minimum absolute atomic E-state index is 0.0667. The number of benzene rings is 1. The molecule has 0 aromatic heterocycles. The van der Waals surface area contributed by atoms with Gasteiger partial charge in [-0.25, -0.2) is 0 Å². The van der Waals surface area contributed by atoms with Crippen molar-refractivity contribution < 1.29 is 23.9 Å². The van der Waals surface area contributed by atoms with Crippen LogP contribution in [0.5, 0.6) is 5.75 Å². The largest absolute Gasteiger partial charge is 0.467 e. The first-order chi connectivity index (χ1) is 15.0. The minimum atomic E-state index is -0.708. The van der Waals surface area contributed by atoms with E-state index in [1.54, 1.807) is 6.07 Å². The van der Waals surface area contributed by atoms with E-state index in [1.165, 1.54) is 0 Å². The van der Waals surface area contributed by atoms with Crippen molar-refractivity contribution >= 4 is 17.8 Å². The van der Waals surface area contributed by atoms with Gasteiger partial charge in [0.15, 0.2) is 5.72 Å². The van der Waals surface area contributed by atoms with Crippen LogP contribution in [0, 0.1) is 23.7 Å². The number of carbonyl (C=O) groups excluding carboxylic acids is 3. The molecule has 1 aromatic rings. The Morgan fingerprint density at radius 2 is 2.10 bits per heavy atom. The first kappa shape index (κ1) is 20.3. The third kappa shape index (κ3) is 3.48. The Balaban J connectivity index is 1.30. The van der Waals surface area contributed by atoms with Crippen LogP contribution in [0.25, 0.3) is 0 Å². The summed E-state index contributed by atoms with van der Waals surface area (Å²) in [6.45, 7) is 3.33. The van der Waals surface area contributed by atoms with E-state index in [9.17, 15) is 14.4 Å². The Morgan fingerprint density at radius 3 is 2.87 bits per heavy atom. The highest BCUT2D eigenvalue weighted by Gasteiger charge is 2.57. The van der Waals surface area contributed by atoms with E-state index >= 15 is 0 Å². The van der Waals surface area contributed by atoms with Crippen molar-refractivity contribution in [2.75, 3.05) is 19.7 Å². The summed E-state index contributed by atoms with van der Waals surface area (Å²) in [5.74, 6) is 0.494. The predicted molar refractivity (Wildman–Crippen MR) is 112 cm³/mol. The summed E-state index contributed by atoms with van der Waals surface area (Å²) in [5, 5.41) is 3.15. The van der Waals surface area contributed by atoms with Gasteiger partial charge in [0.25, 0.3) is 5.91 Å². The number of piperidine rings is 1. The van der Waals surface area contributed by atoms with Gasteiger partial charge in [-0.2, -0.15) is 0 Å². The molecule has 1 aromatic carbocycles. The van der Waals surface area contributed by atoms with E-state index in [4.69, 9.17) is 9.47 Å². The fourth-order valence-corrected chi connectivity index (χ4v) is 6.13. The van der Waals surface area contributed by atoms with E-state index in [0.717, 1.165) is 25.7 Å². The van der Waals surface area contributed by atoms with E-state index in [-0.39, 0.29) is 41.5 Å². The second-order valence-electron chi connectivity index (χ2n) is 9.40. The summed E-state index contributed by atoms with van der Waals surface area (Å²) in [5.41, 5.74) is -0.138. The second kappa shape index (κ2) is 7.84. The Bertz CT molecular complexity index is 902. The normalized spacial score (nSPS) is 34.0. The lowest BCUT2D eigenvalue weighted by Crippen LogP contribution is -2.67. The summed E-state index contributed by atoms with van der Waals surface area (Å²) in [7, 11) is 0. The lowest BCUT2D eigenvalue weighted by atomic mass is 9.59. The summed E-state index contributed by atoms with van der Waals surface area (Å²) in [4.78, 5) is 40.3. The number of para-hydroxylation sites is 1. The van der Waals surface area contributed by atoms with E-state index < -0.39 is 5.72 Å². The fourth-order valence-electron chi connectivity index (χ4n) is 6.13. The topological polar surface area (TPSA) is 84.9 Å². The van der Waals surface area contributed by atoms with Crippen molar-refractivity contribution in [3.8, 4) is 5.75 Å². The highest BCUT2D eigenvalue weighted by atomic mass is 16.5. The van der Waals surface area contributed by atoms with Crippen LogP contribution in [-0.4, -0.2) is 48.1 Å². The molecule has 2 bridgehead atoms. The van der Waals surface area contributed by atoms with Gasteiger partial charge in [-0.15, -0.1) is 0 Å². The van der Waals surface area contributed by atoms with Crippen molar-refractivity contribution in [3.63, 3.8) is 0 Å². The van der Waals surface area contributed by atoms with Crippen molar-refractivity contribution in [3.05, 3.63) is 29.8 Å². The fraction of sp³-hybridized carbons (Fsp3) is 0.625. The molecular weight excluding hydrogens is 396 g/mol. The number of nitrogens with one attached hydrogen (secondary N) is 1. The van der Waals surface area contributed by atoms with Gasteiger partial charge in [-0.1, -0.05) is 12.1 Å². The van der Waals surface area contributed by atoms with Crippen molar-refractivity contribution in [2.45, 2.75) is 51.2 Å². The molecule has 4 fully saturated rings. The maximum absolute atomic E-state index is 13.4. The first-order valence-electron chi connectivity index (χ1n) is 11.6. The molecule has 3 aliphatic carbocycles. The molecule has 31 heavy (non-hydrogen) atoms. The van der Waals surface area contributed by atoms with E-state index in [0.29, 0.717) is 43.9 Å². The number of esters is 1. The predicted octanol–water partition coefficient (Wildman–Crippen LogP) is 2.74. The molecule has 5 atom stereocenters. The Hall–Kier alpha value is -2.57. The average molecular weight is 427 g/mol. The highest BCUT2D eigenvalue weighted by molar-refractivity contribution is 5.98. The van der Waals surface area contributed by atoms with Crippen LogP contribution in [0.15, 0.2) is 24.3 Å². The number of ether oxygens (including phenoxy) is 2. The van der Waals surface area contributed by atoms with Gasteiger partial charge >= 0.3 is 5.97 Å². The summed E-state index contributed by atoms with van der Waals surface area (Å²) in [6, 6.07) is 7.35. The van der Waals surface area contributed by atoms with Crippen LogP contribution in [-0.2, 0) is 14.3 Å². The molecule has 2 heterocycles. The van der Waals surface area contributed by atoms with E-state index in [1.807, 2.05) is 30.0 Å². The van der Waals surface area contributed by atoms with Crippen LogP contribution in [0.1, 0.15) is 55.8 Å². The maximum atomic E-state index is 13.4. The van der Waals surface area contributed by atoms with Gasteiger partial charge < -0.3 is 19.7 Å². The standard InChI is InChI=1S/C24H30N2O5/c1-2-30-23(29)16-6-5-11-26(14-16)22(28)19-12-17-10-9-15(19)13-24(17)25-21(27)18-7-3-4-8-20(18)31-24/h3-4,7-8,15-17,19H,2,5-6,9-14H2,1H3,(H,25,27)/t15-,16+,17+,19+,24+/m0/s1. The summed E-state index contributed by atoms with van der Waals surface area (Å²) in [6.07, 6.45) is 4.90. The maximum Gasteiger partial charge on any atom is 0.310 e. The molecule has 2 aliphatic heterocycles. The average Bonchev–Trinajstić information content (AvgIpc) is 2.79. The zero-order valence-electron chi connectivity index (χ0n) is 18.0. The van der Waals surface area contributed by atoms with Gasteiger partial charge in [0, 0.05) is 31.3 Å². The molecule has 166 valence electrons. The molecule has 5 aliphatic rings. The van der Waals surface area contributed by atoms with Crippen LogP contribution in [0.3, 0.4) is 0 Å². The second-order valence-corrected chi connectivity index (χ2v) is 9.40. The molecule has 1 N–H and O–H groups in total. The summed E-state index contributed by atoms with van der Waals surface area (Å²) >= 11 is 0. The number of hydrogen-bond donors (Lipinski definition) is 1. The van der Waals surface area contributed by atoms with Gasteiger partial charge in [0.05, 0.1) is 18.1 Å². The van der Waals surface area contributed by atoms with E-state index in [2.05, 4.69) is 5.32 Å². The molecule has 7 heteroatoms. The smallest absolute Gasteiger partial charge is 0.310 e. The lowest BCUT2D eigenvalue weighted by molar-refractivity contribution is -0.159. The Kier molecular flexibility index (Phi) is 5.15. The Labute approximate surface area is 182 Å². The molecule has 0 unspecified atom stereocenters. The minimum Gasteiger partial charge on any atom is -0.467 e. The number of amides is 2. The monoisotopic (exact) mass is 426 g/mol. The van der Waals surface area contributed by atoms with Crippen molar-refractivity contribution in [1.29, 1.82) is 0 Å². The van der Waals surface area contributed by atoms with Crippen molar-refractivity contribution in [2.24, 2.45) is 23.7 Å². The molecule has 1 spiro atoms. The Morgan fingerprint density at radius 1 is 1.26 bits per heavy atom.